The summed E-state index contributed by atoms with van der Waals surface area (Å²) in [6, 6.07) is 22.4. The van der Waals surface area contributed by atoms with Crippen LogP contribution in [-0.4, -0.2) is 22.6 Å². The summed E-state index contributed by atoms with van der Waals surface area (Å²) < 4.78 is 2.51. The molecule has 25 heavy (non-hydrogen) atoms. The fraction of sp³-hybridized carbons (Fsp3) is 0.318. The molecule has 0 aliphatic carbocycles. The first-order valence-corrected chi connectivity index (χ1v) is 9.12. The van der Waals surface area contributed by atoms with Gasteiger partial charge in [-0.2, -0.15) is 5.26 Å². The average molecular weight is 327 g/mol. The van der Waals surface area contributed by atoms with Crippen LogP contribution in [0.1, 0.15) is 29.3 Å². The van der Waals surface area contributed by atoms with E-state index in [9.17, 15) is 5.26 Å². The number of hydrogen-bond donors (Lipinski definition) is 0. The summed E-state index contributed by atoms with van der Waals surface area (Å²) in [5.41, 5.74) is 5.62. The van der Waals surface area contributed by atoms with Crippen LogP contribution in [-0.2, 0) is 13.0 Å². The van der Waals surface area contributed by atoms with Crippen molar-refractivity contribution in [3.8, 4) is 6.07 Å². The van der Waals surface area contributed by atoms with E-state index in [1.54, 1.807) is 0 Å². The Kier molecular flexibility index (Phi) is 3.39. The van der Waals surface area contributed by atoms with Crippen molar-refractivity contribution in [1.82, 2.24) is 9.47 Å². The molecule has 1 fully saturated rings. The van der Waals surface area contributed by atoms with Gasteiger partial charge in [-0.05, 0) is 30.0 Å². The third-order valence-corrected chi connectivity index (χ3v) is 5.85. The maximum atomic E-state index is 9.42. The van der Waals surface area contributed by atoms with Crippen molar-refractivity contribution in [2.45, 2.75) is 25.4 Å². The molecule has 2 aromatic carbocycles. The normalized spacial score (nSPS) is 22.5. The molecular formula is C22H21N3. The summed E-state index contributed by atoms with van der Waals surface area (Å²) in [6.07, 6.45) is 2.06. The van der Waals surface area contributed by atoms with Crippen LogP contribution in [0.25, 0.3) is 10.9 Å². The minimum atomic E-state index is 0.166. The molecule has 2 aliphatic heterocycles. The predicted molar refractivity (Wildman–Crippen MR) is 99.2 cm³/mol. The van der Waals surface area contributed by atoms with E-state index < -0.39 is 0 Å². The van der Waals surface area contributed by atoms with Gasteiger partial charge in [-0.25, -0.2) is 0 Å². The van der Waals surface area contributed by atoms with Gasteiger partial charge >= 0.3 is 0 Å². The lowest BCUT2D eigenvalue weighted by atomic mass is 9.96. The van der Waals surface area contributed by atoms with Crippen LogP contribution >= 0.6 is 0 Å². The van der Waals surface area contributed by atoms with E-state index in [-0.39, 0.29) is 5.92 Å². The molecule has 0 unspecified atom stereocenters. The van der Waals surface area contributed by atoms with Gasteiger partial charge < -0.3 is 4.57 Å². The van der Waals surface area contributed by atoms with E-state index >= 15 is 0 Å². The molecule has 0 saturated carbocycles. The summed E-state index contributed by atoms with van der Waals surface area (Å²) in [5.74, 6) is 0.166. The van der Waals surface area contributed by atoms with Gasteiger partial charge in [-0.1, -0.05) is 48.5 Å². The maximum Gasteiger partial charge on any atom is 0.0670 e. The molecule has 3 aromatic rings. The van der Waals surface area contributed by atoms with Gasteiger partial charge in [0.25, 0.3) is 0 Å². The molecule has 3 nitrogen and oxygen atoms in total. The van der Waals surface area contributed by atoms with Gasteiger partial charge in [0, 0.05) is 36.2 Å². The van der Waals surface area contributed by atoms with Gasteiger partial charge in [-0.15, -0.1) is 0 Å². The average Bonchev–Trinajstić information content (AvgIpc) is 3.22. The highest BCUT2D eigenvalue weighted by Crippen LogP contribution is 2.44. The van der Waals surface area contributed by atoms with E-state index in [1.807, 2.05) is 0 Å². The molecule has 3 heteroatoms. The van der Waals surface area contributed by atoms with E-state index in [2.05, 4.69) is 70.1 Å². The molecule has 0 amide bonds. The standard InChI is InChI=1S/C22H21N3/c23-13-17-12-21-22-19(10-11-24(21)14-17)18-8-4-5-9-20(18)25(22)15-16-6-2-1-3-7-16/h1-9,17,21H,10-12,14-15H2/t17-,21-/m1/s1. The zero-order valence-electron chi connectivity index (χ0n) is 14.2. The molecule has 0 bridgehead atoms. The summed E-state index contributed by atoms with van der Waals surface area (Å²) in [7, 11) is 0. The van der Waals surface area contributed by atoms with Gasteiger partial charge in [0.1, 0.15) is 0 Å². The maximum absolute atomic E-state index is 9.42. The minimum absolute atomic E-state index is 0.166. The smallest absolute Gasteiger partial charge is 0.0670 e. The number of rotatable bonds is 2. The number of hydrogen-bond acceptors (Lipinski definition) is 2. The van der Waals surface area contributed by atoms with Crippen LogP contribution in [0.5, 0.6) is 0 Å². The lowest BCUT2D eigenvalue weighted by Crippen LogP contribution is -2.32. The number of aromatic nitrogens is 1. The van der Waals surface area contributed by atoms with Crippen LogP contribution < -0.4 is 0 Å². The molecule has 124 valence electrons. The topological polar surface area (TPSA) is 32.0 Å². The van der Waals surface area contributed by atoms with Gasteiger partial charge in [-0.3, -0.25) is 4.90 Å². The summed E-state index contributed by atoms with van der Waals surface area (Å²) in [4.78, 5) is 2.52. The van der Waals surface area contributed by atoms with E-state index in [4.69, 9.17) is 0 Å². The molecule has 2 atom stereocenters. The third-order valence-electron chi connectivity index (χ3n) is 5.85. The van der Waals surface area contributed by atoms with Crippen LogP contribution in [0, 0.1) is 17.2 Å². The third kappa shape index (κ3) is 2.29. The van der Waals surface area contributed by atoms with Crippen molar-refractivity contribution in [3.63, 3.8) is 0 Å². The largest absolute Gasteiger partial charge is 0.338 e. The highest BCUT2D eigenvalue weighted by Gasteiger charge is 2.39. The van der Waals surface area contributed by atoms with Crippen molar-refractivity contribution in [1.29, 1.82) is 5.26 Å². The highest BCUT2D eigenvalue weighted by molar-refractivity contribution is 5.86. The molecule has 1 aromatic heterocycles. The number of benzene rings is 2. The van der Waals surface area contributed by atoms with Crippen LogP contribution in [0.4, 0.5) is 0 Å². The van der Waals surface area contributed by atoms with Crippen LogP contribution in [0.3, 0.4) is 0 Å². The summed E-state index contributed by atoms with van der Waals surface area (Å²) >= 11 is 0. The first-order chi connectivity index (χ1) is 12.3. The fourth-order valence-electron chi connectivity index (χ4n) is 4.76. The Hall–Kier alpha value is -2.57. The second-order valence-corrected chi connectivity index (χ2v) is 7.28. The summed E-state index contributed by atoms with van der Waals surface area (Å²) in [6.45, 7) is 2.90. The number of nitriles is 1. The Labute approximate surface area is 148 Å². The van der Waals surface area contributed by atoms with Gasteiger partial charge in [0.2, 0.25) is 0 Å². The molecule has 0 spiro atoms. The first kappa shape index (κ1) is 14.7. The molecule has 1 saturated heterocycles. The zero-order valence-corrected chi connectivity index (χ0v) is 14.2. The molecule has 0 N–H and O–H groups in total. The molecule has 5 rings (SSSR count). The Bertz CT molecular complexity index is 964. The van der Waals surface area contributed by atoms with E-state index in [0.717, 1.165) is 32.5 Å². The molecule has 2 aliphatic rings. The van der Waals surface area contributed by atoms with E-state index in [0.29, 0.717) is 6.04 Å². The minimum Gasteiger partial charge on any atom is -0.338 e. The second-order valence-electron chi connectivity index (χ2n) is 7.28. The lowest BCUT2D eigenvalue weighted by molar-refractivity contribution is 0.234. The number of fused-ring (bicyclic) bond motifs is 5. The second kappa shape index (κ2) is 5.75. The highest BCUT2D eigenvalue weighted by atomic mass is 15.2. The molecule has 3 heterocycles. The Morgan fingerprint density at radius 1 is 1.04 bits per heavy atom. The van der Waals surface area contributed by atoms with Crippen molar-refractivity contribution in [3.05, 3.63) is 71.4 Å². The van der Waals surface area contributed by atoms with E-state index in [1.165, 1.54) is 27.7 Å². The fourth-order valence-corrected chi connectivity index (χ4v) is 4.76. The predicted octanol–water partition coefficient (Wildman–Crippen LogP) is 4.13. The van der Waals surface area contributed by atoms with Crippen molar-refractivity contribution >= 4 is 10.9 Å². The molecule has 0 radical (unpaired) electrons. The molecular weight excluding hydrogens is 306 g/mol. The zero-order chi connectivity index (χ0) is 16.8. The van der Waals surface area contributed by atoms with Gasteiger partial charge in [0.15, 0.2) is 0 Å². The van der Waals surface area contributed by atoms with Crippen molar-refractivity contribution in [2.75, 3.05) is 13.1 Å². The number of para-hydroxylation sites is 1. The Balaban J connectivity index is 1.69. The lowest BCUT2D eigenvalue weighted by Gasteiger charge is -2.31. The van der Waals surface area contributed by atoms with Crippen LogP contribution in [0.15, 0.2) is 54.6 Å². The number of nitrogens with zero attached hydrogens (tertiary/aromatic N) is 3. The van der Waals surface area contributed by atoms with Crippen molar-refractivity contribution < 1.29 is 0 Å². The van der Waals surface area contributed by atoms with Gasteiger partial charge in [0.05, 0.1) is 18.0 Å². The van der Waals surface area contributed by atoms with Crippen LogP contribution in [0.2, 0.25) is 0 Å². The van der Waals surface area contributed by atoms with Crippen molar-refractivity contribution in [2.24, 2.45) is 5.92 Å². The quantitative estimate of drug-likeness (QED) is 0.709. The first-order valence-electron chi connectivity index (χ1n) is 9.12. The monoisotopic (exact) mass is 327 g/mol. The SMILES string of the molecule is N#C[C@H]1C[C@@H]2c3c(c4ccccc4n3Cc3ccccc3)CCN2C1. The summed E-state index contributed by atoms with van der Waals surface area (Å²) in [5, 5.41) is 10.8. The Morgan fingerprint density at radius 2 is 1.84 bits per heavy atom. The Morgan fingerprint density at radius 3 is 2.68 bits per heavy atom.